The Balaban J connectivity index is 2.23. The van der Waals surface area contributed by atoms with E-state index in [1.54, 1.807) is 0 Å². The number of hydrogen-bond acceptors (Lipinski definition) is 1. The molecule has 1 heteroatoms. The molecule has 1 atom stereocenters. The maximum absolute atomic E-state index is 5.81. The predicted molar refractivity (Wildman–Crippen MR) is 71.2 cm³/mol. The van der Waals surface area contributed by atoms with Gasteiger partial charge in [0.2, 0.25) is 0 Å². The van der Waals surface area contributed by atoms with Gasteiger partial charge in [-0.15, -0.1) is 0 Å². The van der Waals surface area contributed by atoms with Gasteiger partial charge in [-0.05, 0) is 54.0 Å². The van der Waals surface area contributed by atoms with Gasteiger partial charge in [-0.3, -0.25) is 0 Å². The fourth-order valence-corrected chi connectivity index (χ4v) is 2.59. The minimum atomic E-state index is 0.698. The number of benzene rings is 1. The average molecular weight is 215 g/mol. The number of rotatable bonds is 3. The highest BCUT2D eigenvalue weighted by atomic mass is 14.5. The van der Waals surface area contributed by atoms with E-state index in [1.165, 1.54) is 36.0 Å². The van der Waals surface area contributed by atoms with Gasteiger partial charge < -0.3 is 5.73 Å². The van der Waals surface area contributed by atoms with Crippen molar-refractivity contribution in [2.24, 2.45) is 5.92 Å². The normalized spacial score (nSPS) is 18.8. The van der Waals surface area contributed by atoms with Crippen molar-refractivity contribution >= 4 is 11.3 Å². The summed E-state index contributed by atoms with van der Waals surface area (Å²) >= 11 is 0. The van der Waals surface area contributed by atoms with Crippen molar-refractivity contribution < 1.29 is 0 Å². The van der Waals surface area contributed by atoms with Crippen LogP contribution in [0.15, 0.2) is 24.3 Å². The van der Waals surface area contributed by atoms with Gasteiger partial charge in [0.25, 0.3) is 0 Å². The number of allylic oxidation sites excluding steroid dienone is 2. The molecule has 2 rings (SSSR count). The van der Waals surface area contributed by atoms with Crippen molar-refractivity contribution in [2.45, 2.75) is 39.5 Å². The Kier molecular flexibility index (Phi) is 3.33. The minimum Gasteiger partial charge on any atom is -0.399 e. The maximum atomic E-state index is 5.81. The monoisotopic (exact) mass is 215 g/mol. The average Bonchev–Trinajstić information content (AvgIpc) is 2.61. The van der Waals surface area contributed by atoms with Crippen LogP contribution < -0.4 is 5.73 Å². The first-order chi connectivity index (χ1) is 7.70. The molecule has 1 aromatic carbocycles. The summed E-state index contributed by atoms with van der Waals surface area (Å²) in [7, 11) is 0. The Morgan fingerprint density at radius 2 is 2.19 bits per heavy atom. The van der Waals surface area contributed by atoms with Gasteiger partial charge in [0, 0.05) is 5.69 Å². The summed E-state index contributed by atoms with van der Waals surface area (Å²) in [6, 6.07) is 6.32. The Bertz CT molecular complexity index is 404. The lowest BCUT2D eigenvalue weighted by molar-refractivity contribution is 0.634. The highest BCUT2D eigenvalue weighted by Gasteiger charge is 2.16. The molecular weight excluding hydrogens is 194 g/mol. The fraction of sp³-hybridized carbons (Fsp3) is 0.467. The van der Waals surface area contributed by atoms with E-state index in [2.05, 4.69) is 32.1 Å². The molecule has 16 heavy (non-hydrogen) atoms. The van der Waals surface area contributed by atoms with Crippen LogP contribution in [0.1, 0.15) is 44.2 Å². The first-order valence-corrected chi connectivity index (χ1v) is 6.30. The lowest BCUT2D eigenvalue weighted by Crippen LogP contribution is -1.91. The van der Waals surface area contributed by atoms with Gasteiger partial charge in [0.15, 0.2) is 0 Å². The maximum Gasteiger partial charge on any atom is 0.0317 e. The second kappa shape index (κ2) is 4.73. The molecule has 1 aromatic rings. The highest BCUT2D eigenvalue weighted by molar-refractivity contribution is 5.74. The van der Waals surface area contributed by atoms with Crippen LogP contribution in [0.4, 0.5) is 5.69 Å². The number of anilines is 1. The topological polar surface area (TPSA) is 26.0 Å². The largest absolute Gasteiger partial charge is 0.399 e. The minimum absolute atomic E-state index is 0.698. The molecular formula is C15H21N. The second-order valence-corrected chi connectivity index (χ2v) is 4.87. The lowest BCUT2D eigenvalue weighted by atomic mass is 9.99. The van der Waals surface area contributed by atoms with Gasteiger partial charge in [-0.2, -0.15) is 0 Å². The zero-order valence-electron chi connectivity index (χ0n) is 10.3. The van der Waals surface area contributed by atoms with Crippen LogP contribution in [-0.4, -0.2) is 0 Å². The first-order valence-electron chi connectivity index (χ1n) is 6.30. The van der Waals surface area contributed by atoms with E-state index in [-0.39, 0.29) is 0 Å². The predicted octanol–water partition coefficient (Wildman–Crippen LogP) is 4.03. The number of aryl methyl sites for hydroxylation is 1. The first kappa shape index (κ1) is 11.3. The second-order valence-electron chi connectivity index (χ2n) is 4.87. The molecule has 0 amide bonds. The van der Waals surface area contributed by atoms with Crippen molar-refractivity contribution in [1.29, 1.82) is 0 Å². The SMILES string of the molecule is CCCC(C)C=C1CCc2cc(N)ccc21. The molecule has 1 nitrogen and oxygen atoms in total. The molecule has 1 aliphatic rings. The molecule has 86 valence electrons. The summed E-state index contributed by atoms with van der Waals surface area (Å²) in [6.45, 7) is 4.56. The van der Waals surface area contributed by atoms with Crippen LogP contribution in [0.25, 0.3) is 5.57 Å². The van der Waals surface area contributed by atoms with E-state index in [9.17, 15) is 0 Å². The summed E-state index contributed by atoms with van der Waals surface area (Å²) in [6.07, 6.45) is 7.34. The number of fused-ring (bicyclic) bond motifs is 1. The van der Waals surface area contributed by atoms with Crippen LogP contribution in [0.3, 0.4) is 0 Å². The van der Waals surface area contributed by atoms with Crippen LogP contribution in [0.2, 0.25) is 0 Å². The van der Waals surface area contributed by atoms with E-state index in [1.807, 2.05) is 6.07 Å². The molecule has 0 aromatic heterocycles. The fourth-order valence-electron chi connectivity index (χ4n) is 2.59. The van der Waals surface area contributed by atoms with Gasteiger partial charge >= 0.3 is 0 Å². The number of nitrogen functional groups attached to an aromatic ring is 1. The summed E-state index contributed by atoms with van der Waals surface area (Å²) in [5.41, 5.74) is 11.1. The molecule has 0 aliphatic heterocycles. The number of hydrogen-bond donors (Lipinski definition) is 1. The Hall–Kier alpha value is -1.24. The summed E-state index contributed by atoms with van der Waals surface area (Å²) in [5, 5.41) is 0. The van der Waals surface area contributed by atoms with Crippen LogP contribution in [0, 0.1) is 5.92 Å². The number of nitrogens with two attached hydrogens (primary N) is 1. The van der Waals surface area contributed by atoms with Crippen LogP contribution in [-0.2, 0) is 6.42 Å². The highest BCUT2D eigenvalue weighted by Crippen LogP contribution is 2.34. The summed E-state index contributed by atoms with van der Waals surface area (Å²) in [4.78, 5) is 0. The van der Waals surface area contributed by atoms with Crippen molar-refractivity contribution in [3.8, 4) is 0 Å². The molecule has 0 saturated carbocycles. The Labute approximate surface area is 98.4 Å². The van der Waals surface area contributed by atoms with Crippen molar-refractivity contribution in [3.63, 3.8) is 0 Å². The third-order valence-corrected chi connectivity index (χ3v) is 3.37. The van der Waals surface area contributed by atoms with E-state index in [0.29, 0.717) is 5.92 Å². The molecule has 0 fully saturated rings. The molecule has 1 unspecified atom stereocenters. The van der Waals surface area contributed by atoms with Gasteiger partial charge in [0.1, 0.15) is 0 Å². The standard InChI is InChI=1S/C15H21N/c1-3-4-11(2)9-12-5-6-13-10-14(16)7-8-15(12)13/h7-11H,3-6,16H2,1-2H3. The molecule has 0 bridgehead atoms. The zero-order valence-corrected chi connectivity index (χ0v) is 10.3. The molecule has 0 heterocycles. The van der Waals surface area contributed by atoms with Crippen LogP contribution >= 0.6 is 0 Å². The third-order valence-electron chi connectivity index (χ3n) is 3.37. The Morgan fingerprint density at radius 3 is 2.94 bits per heavy atom. The molecule has 0 spiro atoms. The van der Waals surface area contributed by atoms with Gasteiger partial charge in [0.05, 0.1) is 0 Å². The third kappa shape index (κ3) is 2.29. The van der Waals surface area contributed by atoms with Crippen LogP contribution in [0.5, 0.6) is 0 Å². The lowest BCUT2D eigenvalue weighted by Gasteiger charge is -2.07. The van der Waals surface area contributed by atoms with Gasteiger partial charge in [-0.1, -0.05) is 32.4 Å². The Morgan fingerprint density at radius 1 is 1.38 bits per heavy atom. The van der Waals surface area contributed by atoms with Crippen molar-refractivity contribution in [2.75, 3.05) is 5.73 Å². The van der Waals surface area contributed by atoms with E-state index < -0.39 is 0 Å². The van der Waals surface area contributed by atoms with E-state index in [4.69, 9.17) is 5.73 Å². The molecule has 0 radical (unpaired) electrons. The van der Waals surface area contributed by atoms with Gasteiger partial charge in [-0.25, -0.2) is 0 Å². The summed E-state index contributed by atoms with van der Waals surface area (Å²) < 4.78 is 0. The molecule has 2 N–H and O–H groups in total. The smallest absolute Gasteiger partial charge is 0.0317 e. The quantitative estimate of drug-likeness (QED) is 0.757. The van der Waals surface area contributed by atoms with E-state index >= 15 is 0 Å². The van der Waals surface area contributed by atoms with Crippen molar-refractivity contribution in [3.05, 3.63) is 35.4 Å². The molecule has 0 saturated heterocycles. The zero-order chi connectivity index (χ0) is 11.5. The van der Waals surface area contributed by atoms with E-state index in [0.717, 1.165) is 12.1 Å². The van der Waals surface area contributed by atoms with Crippen molar-refractivity contribution in [1.82, 2.24) is 0 Å². The summed E-state index contributed by atoms with van der Waals surface area (Å²) in [5.74, 6) is 0.698. The molecule has 1 aliphatic carbocycles.